The standard InChI is InChI=1S/C16H17ClN2O4/c1-4-22-16(21)12-6-5-7-13(14(12)17)19-9-11(8-18)15(20)23-10(2)3/h5-7,9-11H,4H2,1-3H3. The molecule has 0 fully saturated rings. The first kappa shape index (κ1) is 18.7. The third-order valence-corrected chi connectivity index (χ3v) is 2.98. The van der Waals surface area contributed by atoms with Crippen LogP contribution in [0.1, 0.15) is 31.1 Å². The van der Waals surface area contributed by atoms with Gasteiger partial charge in [-0.15, -0.1) is 0 Å². The summed E-state index contributed by atoms with van der Waals surface area (Å²) in [6, 6.07) is 6.45. The van der Waals surface area contributed by atoms with Crippen LogP contribution in [-0.2, 0) is 14.3 Å². The fourth-order valence-corrected chi connectivity index (χ4v) is 1.85. The molecule has 0 N–H and O–H groups in total. The van der Waals surface area contributed by atoms with Crippen LogP contribution in [0.5, 0.6) is 0 Å². The van der Waals surface area contributed by atoms with Crippen LogP contribution in [0.4, 0.5) is 5.69 Å². The molecule has 0 aliphatic rings. The molecule has 0 spiro atoms. The number of halogens is 1. The molecule has 122 valence electrons. The van der Waals surface area contributed by atoms with E-state index in [0.29, 0.717) is 0 Å². The van der Waals surface area contributed by atoms with Crippen molar-refractivity contribution in [2.75, 3.05) is 6.61 Å². The van der Waals surface area contributed by atoms with Gasteiger partial charge in [-0.05, 0) is 32.9 Å². The maximum Gasteiger partial charge on any atom is 0.339 e. The van der Waals surface area contributed by atoms with Gasteiger partial charge in [-0.1, -0.05) is 17.7 Å². The van der Waals surface area contributed by atoms with Crippen molar-refractivity contribution in [1.82, 2.24) is 0 Å². The highest BCUT2D eigenvalue weighted by molar-refractivity contribution is 6.36. The van der Waals surface area contributed by atoms with Gasteiger partial charge in [0, 0.05) is 6.21 Å². The lowest BCUT2D eigenvalue weighted by atomic mass is 10.2. The molecule has 1 atom stereocenters. The highest BCUT2D eigenvalue weighted by Gasteiger charge is 2.19. The molecule has 23 heavy (non-hydrogen) atoms. The Bertz CT molecular complexity index is 650. The summed E-state index contributed by atoms with van der Waals surface area (Å²) < 4.78 is 9.85. The molecule has 0 saturated carbocycles. The summed E-state index contributed by atoms with van der Waals surface area (Å²) in [4.78, 5) is 27.5. The number of aliphatic imine (C=N–C) groups is 1. The zero-order valence-corrected chi connectivity index (χ0v) is 13.8. The summed E-state index contributed by atoms with van der Waals surface area (Å²) in [5, 5.41) is 9.11. The first-order chi connectivity index (χ1) is 10.9. The number of benzene rings is 1. The van der Waals surface area contributed by atoms with E-state index in [1.165, 1.54) is 6.07 Å². The number of rotatable bonds is 6. The van der Waals surface area contributed by atoms with Crippen LogP contribution in [0.2, 0.25) is 5.02 Å². The first-order valence-corrected chi connectivity index (χ1v) is 7.38. The largest absolute Gasteiger partial charge is 0.462 e. The van der Waals surface area contributed by atoms with Crippen LogP contribution in [0.25, 0.3) is 0 Å². The molecular weight excluding hydrogens is 320 g/mol. The van der Waals surface area contributed by atoms with Gasteiger partial charge in [-0.25, -0.2) is 4.79 Å². The Morgan fingerprint density at radius 3 is 2.70 bits per heavy atom. The van der Waals surface area contributed by atoms with E-state index < -0.39 is 17.9 Å². The Hall–Kier alpha value is -2.39. The smallest absolute Gasteiger partial charge is 0.339 e. The van der Waals surface area contributed by atoms with Gasteiger partial charge in [0.1, 0.15) is 0 Å². The highest BCUT2D eigenvalue weighted by Crippen LogP contribution is 2.29. The van der Waals surface area contributed by atoms with Gasteiger partial charge < -0.3 is 9.47 Å². The summed E-state index contributed by atoms with van der Waals surface area (Å²) in [7, 11) is 0. The maximum atomic E-state index is 11.8. The molecule has 0 heterocycles. The number of hydrogen-bond donors (Lipinski definition) is 0. The van der Waals surface area contributed by atoms with Crippen LogP contribution in [-0.4, -0.2) is 30.9 Å². The molecule has 0 aliphatic heterocycles. The second-order valence-corrected chi connectivity index (χ2v) is 5.11. The lowest BCUT2D eigenvalue weighted by molar-refractivity contribution is -0.148. The molecule has 0 amide bonds. The molecule has 1 rings (SSSR count). The number of nitrogens with zero attached hydrogens (tertiary/aromatic N) is 2. The maximum absolute atomic E-state index is 11.8. The van der Waals surface area contributed by atoms with E-state index in [4.69, 9.17) is 26.3 Å². The van der Waals surface area contributed by atoms with Crippen molar-refractivity contribution in [2.45, 2.75) is 26.9 Å². The minimum absolute atomic E-state index is 0.0936. The predicted molar refractivity (Wildman–Crippen MR) is 85.9 cm³/mol. The number of carbonyl (C=O) groups excluding carboxylic acids is 2. The van der Waals surface area contributed by atoms with Gasteiger partial charge in [-0.3, -0.25) is 9.79 Å². The average molecular weight is 337 g/mol. The first-order valence-electron chi connectivity index (χ1n) is 7.00. The topological polar surface area (TPSA) is 88.8 Å². The molecule has 7 heteroatoms. The second kappa shape index (κ2) is 8.91. The minimum Gasteiger partial charge on any atom is -0.462 e. The number of hydrogen-bond acceptors (Lipinski definition) is 6. The van der Waals surface area contributed by atoms with Crippen LogP contribution in [0, 0.1) is 17.2 Å². The van der Waals surface area contributed by atoms with Gasteiger partial charge in [0.25, 0.3) is 0 Å². The van der Waals surface area contributed by atoms with Crippen LogP contribution >= 0.6 is 11.6 Å². The average Bonchev–Trinajstić information content (AvgIpc) is 2.48. The molecule has 1 aromatic carbocycles. The summed E-state index contributed by atoms with van der Waals surface area (Å²) in [5.74, 6) is -2.41. The van der Waals surface area contributed by atoms with Gasteiger partial charge in [0.15, 0.2) is 5.92 Å². The molecule has 0 saturated heterocycles. The lowest BCUT2D eigenvalue weighted by Gasteiger charge is -2.09. The Kier molecular flexibility index (Phi) is 7.23. The van der Waals surface area contributed by atoms with Crippen LogP contribution in [0.15, 0.2) is 23.2 Å². The Morgan fingerprint density at radius 2 is 2.13 bits per heavy atom. The SMILES string of the molecule is CCOC(=O)c1cccc(N=CC(C#N)C(=O)OC(C)C)c1Cl. The molecular formula is C16H17ClN2O4. The van der Waals surface area contributed by atoms with Crippen molar-refractivity contribution in [3.05, 3.63) is 28.8 Å². The fourth-order valence-electron chi connectivity index (χ4n) is 1.59. The van der Waals surface area contributed by atoms with E-state index in [1.54, 1.807) is 39.0 Å². The highest BCUT2D eigenvalue weighted by atomic mass is 35.5. The summed E-state index contributed by atoms with van der Waals surface area (Å²) in [6.45, 7) is 5.28. The lowest BCUT2D eigenvalue weighted by Crippen LogP contribution is -2.20. The molecule has 1 unspecified atom stereocenters. The number of nitriles is 1. The third kappa shape index (κ3) is 5.38. The van der Waals surface area contributed by atoms with E-state index in [1.807, 2.05) is 0 Å². The summed E-state index contributed by atoms with van der Waals surface area (Å²) in [5.41, 5.74) is 0.427. The fraction of sp³-hybridized carbons (Fsp3) is 0.375. The predicted octanol–water partition coefficient (Wildman–Crippen LogP) is 3.31. The Morgan fingerprint density at radius 1 is 1.43 bits per heavy atom. The zero-order valence-electron chi connectivity index (χ0n) is 13.1. The van der Waals surface area contributed by atoms with Crippen molar-refractivity contribution in [2.24, 2.45) is 10.9 Å². The molecule has 0 aromatic heterocycles. The molecule has 0 aliphatic carbocycles. The van der Waals surface area contributed by atoms with Gasteiger partial charge in [0.05, 0.1) is 35.1 Å². The minimum atomic E-state index is -1.15. The van der Waals surface area contributed by atoms with Crippen molar-refractivity contribution >= 4 is 35.4 Å². The molecule has 6 nitrogen and oxygen atoms in total. The molecule has 0 radical (unpaired) electrons. The van der Waals surface area contributed by atoms with Crippen molar-refractivity contribution < 1.29 is 19.1 Å². The van der Waals surface area contributed by atoms with E-state index in [9.17, 15) is 9.59 Å². The monoisotopic (exact) mass is 336 g/mol. The second-order valence-electron chi connectivity index (χ2n) is 4.73. The van der Waals surface area contributed by atoms with Gasteiger partial charge in [-0.2, -0.15) is 5.26 Å². The Balaban J connectivity index is 3.00. The third-order valence-electron chi connectivity index (χ3n) is 2.58. The van der Waals surface area contributed by atoms with Crippen LogP contribution in [0.3, 0.4) is 0 Å². The number of carbonyl (C=O) groups is 2. The zero-order chi connectivity index (χ0) is 17.4. The van der Waals surface area contributed by atoms with Gasteiger partial charge in [0.2, 0.25) is 0 Å². The normalized spacial score (nSPS) is 12.0. The summed E-state index contributed by atoms with van der Waals surface area (Å²) in [6.07, 6.45) is 0.809. The van der Waals surface area contributed by atoms with Crippen molar-refractivity contribution in [3.63, 3.8) is 0 Å². The van der Waals surface area contributed by atoms with Crippen molar-refractivity contribution in [3.8, 4) is 6.07 Å². The quantitative estimate of drug-likeness (QED) is 0.587. The Labute approximate surface area is 139 Å². The van der Waals surface area contributed by atoms with E-state index in [-0.39, 0.29) is 29.0 Å². The van der Waals surface area contributed by atoms with E-state index in [0.717, 1.165) is 6.21 Å². The number of esters is 2. The van der Waals surface area contributed by atoms with Crippen molar-refractivity contribution in [1.29, 1.82) is 5.26 Å². The molecule has 0 bridgehead atoms. The van der Waals surface area contributed by atoms with E-state index >= 15 is 0 Å². The van der Waals surface area contributed by atoms with Gasteiger partial charge >= 0.3 is 11.9 Å². The van der Waals surface area contributed by atoms with E-state index in [2.05, 4.69) is 4.99 Å². The molecule has 1 aromatic rings. The number of ether oxygens (including phenoxy) is 2. The summed E-state index contributed by atoms with van der Waals surface area (Å²) >= 11 is 6.12. The van der Waals surface area contributed by atoms with Crippen LogP contribution < -0.4 is 0 Å².